The summed E-state index contributed by atoms with van der Waals surface area (Å²) < 4.78 is 27.0. The molecule has 1 N–H and O–H groups in total. The third-order valence-corrected chi connectivity index (χ3v) is 6.66. The van der Waals surface area contributed by atoms with Gasteiger partial charge in [-0.05, 0) is 36.8 Å². The van der Waals surface area contributed by atoms with Crippen molar-refractivity contribution in [1.82, 2.24) is 10.2 Å². The summed E-state index contributed by atoms with van der Waals surface area (Å²) >= 11 is 0. The fraction of sp³-hybridized carbons (Fsp3) is 0.444. The van der Waals surface area contributed by atoms with Gasteiger partial charge in [-0.2, -0.15) is 0 Å². The Morgan fingerprint density at radius 2 is 1.61 bits per heavy atom. The molecule has 38 heavy (non-hydrogen) atoms. The summed E-state index contributed by atoms with van der Waals surface area (Å²) in [6.45, 7) is 4.54. The molecule has 2 aromatic carbocycles. The van der Waals surface area contributed by atoms with Crippen LogP contribution in [0.5, 0.6) is 23.0 Å². The zero-order valence-electron chi connectivity index (χ0n) is 22.4. The Balaban J connectivity index is 1.64. The molecule has 0 aliphatic carbocycles. The molecule has 0 spiro atoms. The summed E-state index contributed by atoms with van der Waals surface area (Å²) in [4.78, 5) is 35.3. The van der Waals surface area contributed by atoms with Crippen molar-refractivity contribution in [3.8, 4) is 23.0 Å². The number of rotatable bonds is 8. The Labute approximate surface area is 222 Å². The molecule has 2 aromatic rings. The van der Waals surface area contributed by atoms with Gasteiger partial charge in [0.2, 0.25) is 17.6 Å². The number of benzene rings is 2. The van der Waals surface area contributed by atoms with Crippen LogP contribution in [0, 0.1) is 5.92 Å². The van der Waals surface area contributed by atoms with Crippen LogP contribution in [0.25, 0.3) is 0 Å². The minimum Gasteiger partial charge on any atom is -0.497 e. The first-order valence-electron chi connectivity index (χ1n) is 12.4. The number of methoxy groups -OCH3 is 4. The lowest BCUT2D eigenvalue weighted by molar-refractivity contribution is -0.153. The highest BCUT2D eigenvalue weighted by atomic mass is 16.5. The molecule has 0 saturated carbocycles. The molecule has 204 valence electrons. The highest BCUT2D eigenvalue weighted by Crippen LogP contribution is 2.42. The number of esters is 1. The number of nitrogens with one attached hydrogen (secondary N) is 1. The van der Waals surface area contributed by atoms with E-state index >= 15 is 0 Å². The van der Waals surface area contributed by atoms with Crippen molar-refractivity contribution < 1.29 is 33.3 Å². The number of piperazine rings is 1. The lowest BCUT2D eigenvalue weighted by Crippen LogP contribution is -2.57. The van der Waals surface area contributed by atoms with Gasteiger partial charge in [-0.15, -0.1) is 0 Å². The number of amides is 1. The lowest BCUT2D eigenvalue weighted by atomic mass is 9.90. The van der Waals surface area contributed by atoms with Crippen molar-refractivity contribution in [3.05, 3.63) is 42.0 Å². The molecule has 1 fully saturated rings. The second-order valence-electron chi connectivity index (χ2n) is 8.75. The Hall–Kier alpha value is -4.15. The lowest BCUT2D eigenvalue weighted by Gasteiger charge is -2.39. The van der Waals surface area contributed by atoms with Crippen LogP contribution in [0.4, 0.5) is 5.69 Å². The fourth-order valence-electron chi connectivity index (χ4n) is 4.72. The summed E-state index contributed by atoms with van der Waals surface area (Å²) in [7, 11) is 6.17. The quantitative estimate of drug-likeness (QED) is 0.409. The van der Waals surface area contributed by atoms with Crippen LogP contribution in [0.1, 0.15) is 18.5 Å². The summed E-state index contributed by atoms with van der Waals surface area (Å²) in [5.41, 5.74) is 1.64. The minimum absolute atomic E-state index is 0.146. The van der Waals surface area contributed by atoms with Crippen molar-refractivity contribution in [3.63, 3.8) is 0 Å². The topological polar surface area (TPSA) is 111 Å². The van der Waals surface area contributed by atoms with Crippen molar-refractivity contribution in [2.45, 2.75) is 13.0 Å². The normalized spacial score (nSPS) is 19.3. The molecule has 2 atom stereocenters. The molecule has 11 heteroatoms. The number of hydrogen-bond acceptors (Lipinski definition) is 10. The van der Waals surface area contributed by atoms with Crippen LogP contribution in [0.2, 0.25) is 0 Å². The van der Waals surface area contributed by atoms with Gasteiger partial charge in [0.15, 0.2) is 17.4 Å². The van der Waals surface area contributed by atoms with Gasteiger partial charge in [0.05, 0.1) is 35.0 Å². The van der Waals surface area contributed by atoms with E-state index in [2.05, 4.69) is 10.2 Å². The van der Waals surface area contributed by atoms with Crippen LogP contribution in [0.3, 0.4) is 0 Å². The molecule has 0 radical (unpaired) electrons. The van der Waals surface area contributed by atoms with Crippen molar-refractivity contribution in [2.24, 2.45) is 10.9 Å². The number of nitrogens with zero attached hydrogens (tertiary/aromatic N) is 3. The van der Waals surface area contributed by atoms with Gasteiger partial charge in [-0.3, -0.25) is 14.9 Å². The number of ether oxygens (including phenoxy) is 5. The largest absolute Gasteiger partial charge is 0.497 e. The first kappa shape index (κ1) is 26.9. The van der Waals surface area contributed by atoms with E-state index in [1.54, 1.807) is 26.2 Å². The number of guanidine groups is 1. The number of hydrogen-bond donors (Lipinski definition) is 1. The maximum Gasteiger partial charge on any atom is 0.321 e. The Morgan fingerprint density at radius 3 is 2.18 bits per heavy atom. The average Bonchev–Trinajstić information content (AvgIpc) is 2.96. The van der Waals surface area contributed by atoms with E-state index in [1.165, 1.54) is 21.3 Å². The summed E-state index contributed by atoms with van der Waals surface area (Å²) in [5, 5.41) is 2.84. The van der Waals surface area contributed by atoms with Crippen LogP contribution in [0.15, 0.2) is 41.4 Å². The molecule has 11 nitrogen and oxygen atoms in total. The molecule has 2 aliphatic heterocycles. The van der Waals surface area contributed by atoms with Crippen LogP contribution < -0.4 is 29.2 Å². The van der Waals surface area contributed by atoms with E-state index in [9.17, 15) is 9.59 Å². The van der Waals surface area contributed by atoms with E-state index in [4.69, 9.17) is 28.7 Å². The van der Waals surface area contributed by atoms with Crippen molar-refractivity contribution >= 4 is 23.5 Å². The van der Waals surface area contributed by atoms with Gasteiger partial charge in [-0.25, -0.2) is 4.99 Å². The molecular weight excluding hydrogens is 492 g/mol. The molecule has 0 bridgehead atoms. The van der Waals surface area contributed by atoms with Gasteiger partial charge in [0.25, 0.3) is 0 Å². The maximum atomic E-state index is 13.3. The summed E-state index contributed by atoms with van der Waals surface area (Å²) in [6, 6.07) is 10.5. The first-order chi connectivity index (χ1) is 18.4. The third kappa shape index (κ3) is 5.41. The van der Waals surface area contributed by atoms with E-state index in [1.807, 2.05) is 29.2 Å². The molecular formula is C27H34N4O7. The SMILES string of the molecule is CCOC(=O)[C@@H]1C(=O)NC(N2CCN(c3cccc(OC)c3)CC2)=N[C@@H]1c1cc(OC)c(OC)c(OC)c1. The monoisotopic (exact) mass is 526 g/mol. The summed E-state index contributed by atoms with van der Waals surface area (Å²) in [5.74, 6) is 0.144. The standard InChI is InChI=1S/C27H34N4O7/c1-6-38-26(33)22-23(17-14-20(35-3)24(37-5)21(15-17)36-4)28-27(29-25(22)32)31-12-10-30(11-13-31)18-8-7-9-19(16-18)34-2/h7-9,14-16,22-23H,6,10-13H2,1-5H3,(H,28,29,32)/t22-,23+/m0/s1. The van der Waals surface area contributed by atoms with Gasteiger partial charge < -0.3 is 33.5 Å². The van der Waals surface area contributed by atoms with Crippen LogP contribution >= 0.6 is 0 Å². The van der Waals surface area contributed by atoms with Crippen molar-refractivity contribution in [1.29, 1.82) is 0 Å². The maximum absolute atomic E-state index is 13.3. The van der Waals surface area contributed by atoms with Crippen LogP contribution in [-0.2, 0) is 14.3 Å². The number of aliphatic imine (C=N–C) groups is 1. The minimum atomic E-state index is -1.17. The second kappa shape index (κ2) is 11.9. The van der Waals surface area contributed by atoms with Crippen molar-refractivity contribution in [2.75, 3.05) is 66.1 Å². The first-order valence-corrected chi connectivity index (χ1v) is 12.4. The Bertz CT molecular complexity index is 1170. The Kier molecular flexibility index (Phi) is 8.45. The zero-order valence-corrected chi connectivity index (χ0v) is 22.4. The average molecular weight is 527 g/mol. The van der Waals surface area contributed by atoms with Gasteiger partial charge >= 0.3 is 5.97 Å². The smallest absolute Gasteiger partial charge is 0.321 e. The van der Waals surface area contributed by atoms with E-state index < -0.39 is 23.8 Å². The number of carbonyl (C=O) groups excluding carboxylic acids is 2. The van der Waals surface area contributed by atoms with E-state index in [0.29, 0.717) is 41.9 Å². The molecule has 1 saturated heterocycles. The molecule has 4 rings (SSSR count). The van der Waals surface area contributed by atoms with Gasteiger partial charge in [-0.1, -0.05) is 6.07 Å². The van der Waals surface area contributed by atoms with Gasteiger partial charge in [0, 0.05) is 37.9 Å². The predicted octanol–water partition coefficient (Wildman–Crippen LogP) is 2.25. The molecule has 2 heterocycles. The number of carbonyl (C=O) groups is 2. The highest BCUT2D eigenvalue weighted by molar-refractivity contribution is 6.08. The number of anilines is 1. The zero-order chi connectivity index (χ0) is 27.2. The fourth-order valence-corrected chi connectivity index (χ4v) is 4.72. The highest BCUT2D eigenvalue weighted by Gasteiger charge is 2.43. The molecule has 1 amide bonds. The van der Waals surface area contributed by atoms with Crippen LogP contribution in [-0.4, -0.2) is 84.0 Å². The van der Waals surface area contributed by atoms with Gasteiger partial charge in [0.1, 0.15) is 11.8 Å². The summed E-state index contributed by atoms with van der Waals surface area (Å²) in [6.07, 6.45) is 0. The van der Waals surface area contributed by atoms with E-state index in [0.717, 1.165) is 24.5 Å². The predicted molar refractivity (Wildman–Crippen MR) is 141 cm³/mol. The third-order valence-electron chi connectivity index (χ3n) is 6.66. The molecule has 0 unspecified atom stereocenters. The Morgan fingerprint density at radius 1 is 0.947 bits per heavy atom. The molecule has 2 aliphatic rings. The molecule has 0 aromatic heterocycles. The van der Waals surface area contributed by atoms with E-state index in [-0.39, 0.29) is 6.61 Å². The second-order valence-corrected chi connectivity index (χ2v) is 8.75.